The van der Waals surface area contributed by atoms with Crippen LogP contribution in [0.5, 0.6) is 0 Å². The summed E-state index contributed by atoms with van der Waals surface area (Å²) >= 11 is 0. The lowest BCUT2D eigenvalue weighted by molar-refractivity contribution is 0.0594. The molecule has 0 aliphatic heterocycles. The topological polar surface area (TPSA) is 102 Å². The van der Waals surface area contributed by atoms with Crippen molar-refractivity contribution in [2.75, 3.05) is 17.7 Å². The third-order valence-electron chi connectivity index (χ3n) is 3.50. The van der Waals surface area contributed by atoms with E-state index in [1.165, 1.54) is 13.3 Å². The van der Waals surface area contributed by atoms with Gasteiger partial charge in [-0.05, 0) is 26.0 Å². The van der Waals surface area contributed by atoms with Gasteiger partial charge in [0, 0.05) is 23.5 Å². The Labute approximate surface area is 157 Å². The highest BCUT2D eigenvalue weighted by Gasteiger charge is 2.12. The zero-order valence-corrected chi connectivity index (χ0v) is 15.3. The summed E-state index contributed by atoms with van der Waals surface area (Å²) in [6.45, 7) is 4.01. The molecular weight excluding hydrogens is 344 g/mol. The van der Waals surface area contributed by atoms with Crippen molar-refractivity contribution in [1.82, 2.24) is 19.9 Å². The number of nitrogens with zero attached hydrogens (tertiary/aromatic N) is 4. The van der Waals surface area contributed by atoms with Crippen LogP contribution in [-0.4, -0.2) is 39.1 Å². The largest absolute Gasteiger partial charge is 0.464 e. The van der Waals surface area contributed by atoms with E-state index in [9.17, 15) is 4.79 Å². The predicted molar refractivity (Wildman–Crippen MR) is 103 cm³/mol. The second-order valence-corrected chi connectivity index (χ2v) is 6.02. The first-order valence-corrected chi connectivity index (χ1v) is 8.44. The first-order valence-electron chi connectivity index (χ1n) is 8.44. The Kier molecular flexibility index (Phi) is 5.55. The monoisotopic (exact) mass is 364 g/mol. The molecule has 0 unspecified atom stereocenters. The van der Waals surface area contributed by atoms with E-state index < -0.39 is 5.97 Å². The van der Waals surface area contributed by atoms with Crippen LogP contribution in [0, 0.1) is 0 Å². The molecule has 3 aromatic rings. The number of nitrogens with one attached hydrogen (secondary N) is 2. The molecule has 0 saturated carbocycles. The Hall–Kier alpha value is -3.55. The standard InChI is InChI=1S/C19H20N6O2/c1-12(2)21-18-23-16(13-7-5-4-6-8-13)24-19(25-18)22-14-9-10-20-15(11-14)17(26)27-3/h4-12H,1-3H3,(H2,20,21,22,23,24,25). The van der Waals surface area contributed by atoms with Crippen LogP contribution in [0.2, 0.25) is 0 Å². The molecule has 0 fully saturated rings. The number of benzene rings is 1. The van der Waals surface area contributed by atoms with Gasteiger partial charge in [0.2, 0.25) is 11.9 Å². The zero-order chi connectivity index (χ0) is 19.2. The molecule has 3 rings (SSSR count). The van der Waals surface area contributed by atoms with E-state index in [2.05, 4.69) is 30.6 Å². The van der Waals surface area contributed by atoms with E-state index in [0.29, 0.717) is 23.4 Å². The quantitative estimate of drug-likeness (QED) is 0.643. The lowest BCUT2D eigenvalue weighted by Gasteiger charge is -2.12. The number of rotatable bonds is 6. The van der Waals surface area contributed by atoms with Gasteiger partial charge in [0.15, 0.2) is 5.82 Å². The number of ether oxygens (including phenoxy) is 1. The van der Waals surface area contributed by atoms with Crippen LogP contribution in [-0.2, 0) is 4.74 Å². The highest BCUT2D eigenvalue weighted by Crippen LogP contribution is 2.20. The van der Waals surface area contributed by atoms with Gasteiger partial charge < -0.3 is 15.4 Å². The summed E-state index contributed by atoms with van der Waals surface area (Å²) < 4.78 is 4.70. The van der Waals surface area contributed by atoms with E-state index >= 15 is 0 Å². The fourth-order valence-corrected chi connectivity index (χ4v) is 2.32. The maximum atomic E-state index is 11.7. The van der Waals surface area contributed by atoms with E-state index in [1.807, 2.05) is 44.2 Å². The second kappa shape index (κ2) is 8.22. The predicted octanol–water partition coefficient (Wildman–Crippen LogP) is 3.28. The minimum Gasteiger partial charge on any atom is -0.464 e. The van der Waals surface area contributed by atoms with Crippen molar-refractivity contribution in [2.24, 2.45) is 0 Å². The Morgan fingerprint density at radius 1 is 1.04 bits per heavy atom. The Morgan fingerprint density at radius 2 is 1.78 bits per heavy atom. The van der Waals surface area contributed by atoms with Gasteiger partial charge in [-0.1, -0.05) is 30.3 Å². The maximum absolute atomic E-state index is 11.7. The lowest BCUT2D eigenvalue weighted by atomic mass is 10.2. The van der Waals surface area contributed by atoms with Crippen LogP contribution in [0.3, 0.4) is 0 Å². The second-order valence-electron chi connectivity index (χ2n) is 6.02. The third kappa shape index (κ3) is 4.75. The van der Waals surface area contributed by atoms with Crippen molar-refractivity contribution in [3.8, 4) is 11.4 Å². The number of hydrogen-bond donors (Lipinski definition) is 2. The molecule has 0 amide bonds. The average Bonchev–Trinajstić information content (AvgIpc) is 2.67. The number of carbonyl (C=O) groups excluding carboxylic acids is 1. The number of pyridine rings is 1. The van der Waals surface area contributed by atoms with Gasteiger partial charge in [0.25, 0.3) is 0 Å². The summed E-state index contributed by atoms with van der Waals surface area (Å²) in [5.74, 6) is 0.845. The van der Waals surface area contributed by atoms with Gasteiger partial charge in [-0.15, -0.1) is 0 Å². The first-order chi connectivity index (χ1) is 13.0. The molecule has 8 nitrogen and oxygen atoms in total. The Morgan fingerprint density at radius 3 is 2.48 bits per heavy atom. The molecule has 138 valence electrons. The number of esters is 1. The van der Waals surface area contributed by atoms with Crippen LogP contribution >= 0.6 is 0 Å². The third-order valence-corrected chi connectivity index (χ3v) is 3.50. The molecular formula is C19H20N6O2. The molecule has 27 heavy (non-hydrogen) atoms. The Balaban J connectivity index is 1.96. The highest BCUT2D eigenvalue weighted by atomic mass is 16.5. The van der Waals surface area contributed by atoms with Gasteiger partial charge >= 0.3 is 5.97 Å². The smallest absolute Gasteiger partial charge is 0.356 e. The zero-order valence-electron chi connectivity index (χ0n) is 15.3. The van der Waals surface area contributed by atoms with Crippen molar-refractivity contribution >= 4 is 23.6 Å². The van der Waals surface area contributed by atoms with E-state index in [0.717, 1.165) is 5.56 Å². The van der Waals surface area contributed by atoms with E-state index in [4.69, 9.17) is 4.74 Å². The molecule has 1 aromatic carbocycles. The van der Waals surface area contributed by atoms with Crippen LogP contribution in [0.15, 0.2) is 48.7 Å². The molecule has 0 spiro atoms. The van der Waals surface area contributed by atoms with E-state index in [1.54, 1.807) is 12.1 Å². The number of anilines is 3. The van der Waals surface area contributed by atoms with E-state index in [-0.39, 0.29) is 11.7 Å². The SMILES string of the molecule is COC(=O)c1cc(Nc2nc(NC(C)C)nc(-c3ccccc3)n2)ccn1. The molecule has 0 saturated heterocycles. The fraction of sp³-hybridized carbons (Fsp3) is 0.211. The van der Waals surface area contributed by atoms with Gasteiger partial charge in [0.1, 0.15) is 5.69 Å². The number of methoxy groups -OCH3 is 1. The van der Waals surface area contributed by atoms with Gasteiger partial charge in [-0.25, -0.2) is 9.78 Å². The minimum absolute atomic E-state index is 0.163. The van der Waals surface area contributed by atoms with Crippen molar-refractivity contribution in [3.05, 3.63) is 54.4 Å². The fourth-order valence-electron chi connectivity index (χ4n) is 2.32. The summed E-state index contributed by atoms with van der Waals surface area (Å²) in [5.41, 5.74) is 1.69. The molecule has 0 radical (unpaired) electrons. The molecule has 2 heterocycles. The summed E-state index contributed by atoms with van der Waals surface area (Å²) in [6, 6.07) is 13.1. The van der Waals surface area contributed by atoms with Crippen LogP contribution in [0.1, 0.15) is 24.3 Å². The van der Waals surface area contributed by atoms with Crippen LogP contribution in [0.4, 0.5) is 17.6 Å². The van der Waals surface area contributed by atoms with Crippen LogP contribution in [0.25, 0.3) is 11.4 Å². The highest BCUT2D eigenvalue weighted by molar-refractivity contribution is 5.88. The molecule has 0 atom stereocenters. The van der Waals surface area contributed by atoms with Gasteiger partial charge in [-0.3, -0.25) is 0 Å². The molecule has 0 bridgehead atoms. The van der Waals surface area contributed by atoms with Crippen molar-refractivity contribution < 1.29 is 9.53 Å². The normalized spacial score (nSPS) is 10.5. The van der Waals surface area contributed by atoms with Crippen molar-refractivity contribution in [1.29, 1.82) is 0 Å². The number of aromatic nitrogens is 4. The van der Waals surface area contributed by atoms with Crippen molar-refractivity contribution in [3.63, 3.8) is 0 Å². The first kappa shape index (κ1) is 18.2. The Bertz CT molecular complexity index is 930. The average molecular weight is 364 g/mol. The molecule has 0 aliphatic carbocycles. The lowest BCUT2D eigenvalue weighted by Crippen LogP contribution is -2.14. The van der Waals surface area contributed by atoms with Gasteiger partial charge in [-0.2, -0.15) is 15.0 Å². The summed E-state index contributed by atoms with van der Waals surface area (Å²) in [7, 11) is 1.31. The number of hydrogen-bond acceptors (Lipinski definition) is 8. The minimum atomic E-state index is -0.513. The number of carbonyl (C=O) groups is 1. The van der Waals surface area contributed by atoms with Crippen LogP contribution < -0.4 is 10.6 Å². The van der Waals surface area contributed by atoms with Gasteiger partial charge in [0.05, 0.1) is 7.11 Å². The molecule has 8 heteroatoms. The molecule has 2 N–H and O–H groups in total. The molecule has 2 aromatic heterocycles. The summed E-state index contributed by atoms with van der Waals surface area (Å²) in [5, 5.41) is 6.29. The summed E-state index contributed by atoms with van der Waals surface area (Å²) in [6.07, 6.45) is 1.52. The summed E-state index contributed by atoms with van der Waals surface area (Å²) in [4.78, 5) is 29.0. The molecule has 0 aliphatic rings. The maximum Gasteiger partial charge on any atom is 0.356 e. The van der Waals surface area contributed by atoms with Crippen molar-refractivity contribution in [2.45, 2.75) is 19.9 Å².